The molecular formula is C12H20N2O2. The molecule has 0 heterocycles. The largest absolute Gasteiger partial charge is 0.495 e. The zero-order chi connectivity index (χ0) is 12.0. The lowest BCUT2D eigenvalue weighted by molar-refractivity contribution is 0.0855. The Balaban J connectivity index is 2.60. The van der Waals surface area contributed by atoms with Crippen LogP contribution in [0.1, 0.15) is 13.8 Å². The van der Waals surface area contributed by atoms with Gasteiger partial charge >= 0.3 is 0 Å². The Kier molecular flexibility index (Phi) is 4.92. The SMILES string of the molecule is CCOC(C)CNc1cccc(OC)c1N. The Morgan fingerprint density at radius 3 is 2.81 bits per heavy atom. The standard InChI is InChI=1S/C12H20N2O2/c1-4-16-9(2)8-14-10-6-5-7-11(15-3)12(10)13/h5-7,9,14H,4,8,13H2,1-3H3. The van der Waals surface area contributed by atoms with E-state index >= 15 is 0 Å². The monoisotopic (exact) mass is 224 g/mol. The maximum atomic E-state index is 5.93. The summed E-state index contributed by atoms with van der Waals surface area (Å²) in [6, 6.07) is 5.67. The van der Waals surface area contributed by atoms with E-state index in [0.29, 0.717) is 11.4 Å². The Morgan fingerprint density at radius 1 is 1.44 bits per heavy atom. The number of para-hydroxylation sites is 1. The van der Waals surface area contributed by atoms with E-state index in [4.69, 9.17) is 15.2 Å². The minimum absolute atomic E-state index is 0.163. The molecule has 1 unspecified atom stereocenters. The van der Waals surface area contributed by atoms with Gasteiger partial charge in [0, 0.05) is 13.2 Å². The first-order valence-electron chi connectivity index (χ1n) is 5.47. The lowest BCUT2D eigenvalue weighted by atomic mass is 10.2. The smallest absolute Gasteiger partial charge is 0.143 e. The predicted octanol–water partition coefficient (Wildman–Crippen LogP) is 2.11. The molecule has 4 nitrogen and oxygen atoms in total. The average molecular weight is 224 g/mol. The van der Waals surface area contributed by atoms with Crippen LogP contribution in [0.2, 0.25) is 0 Å². The van der Waals surface area contributed by atoms with Crippen LogP contribution >= 0.6 is 0 Å². The van der Waals surface area contributed by atoms with Crippen LogP contribution < -0.4 is 15.8 Å². The zero-order valence-corrected chi connectivity index (χ0v) is 10.1. The van der Waals surface area contributed by atoms with E-state index in [0.717, 1.165) is 18.8 Å². The van der Waals surface area contributed by atoms with Crippen LogP contribution in [0.25, 0.3) is 0 Å². The predicted molar refractivity (Wildman–Crippen MR) is 67.0 cm³/mol. The molecule has 1 rings (SSSR count). The molecule has 1 aromatic carbocycles. The summed E-state index contributed by atoms with van der Waals surface area (Å²) in [7, 11) is 1.61. The lowest BCUT2D eigenvalue weighted by Gasteiger charge is -2.16. The van der Waals surface area contributed by atoms with Gasteiger partial charge < -0.3 is 20.5 Å². The number of nitrogens with one attached hydrogen (secondary N) is 1. The first-order chi connectivity index (χ1) is 7.69. The van der Waals surface area contributed by atoms with E-state index in [9.17, 15) is 0 Å². The molecular weight excluding hydrogens is 204 g/mol. The number of nitrogens with two attached hydrogens (primary N) is 1. The Labute approximate surface area is 96.7 Å². The number of hydrogen-bond donors (Lipinski definition) is 2. The quantitative estimate of drug-likeness (QED) is 0.727. The first-order valence-corrected chi connectivity index (χ1v) is 5.47. The number of nitrogen functional groups attached to an aromatic ring is 1. The highest BCUT2D eigenvalue weighted by atomic mass is 16.5. The highest BCUT2D eigenvalue weighted by Crippen LogP contribution is 2.28. The van der Waals surface area contributed by atoms with Crippen LogP contribution in [0.15, 0.2) is 18.2 Å². The van der Waals surface area contributed by atoms with Crippen molar-refractivity contribution >= 4 is 11.4 Å². The summed E-state index contributed by atoms with van der Waals surface area (Å²) in [6.45, 7) is 5.45. The van der Waals surface area contributed by atoms with Crippen molar-refractivity contribution in [1.82, 2.24) is 0 Å². The summed E-state index contributed by atoms with van der Waals surface area (Å²) >= 11 is 0. The minimum Gasteiger partial charge on any atom is -0.495 e. The fraction of sp³-hybridized carbons (Fsp3) is 0.500. The van der Waals surface area contributed by atoms with Crippen LogP contribution in [0, 0.1) is 0 Å². The third-order valence-electron chi connectivity index (χ3n) is 2.32. The molecule has 1 aromatic rings. The van der Waals surface area contributed by atoms with Crippen molar-refractivity contribution in [2.45, 2.75) is 20.0 Å². The fourth-order valence-corrected chi connectivity index (χ4v) is 1.47. The third kappa shape index (κ3) is 3.31. The van der Waals surface area contributed by atoms with E-state index in [-0.39, 0.29) is 6.10 Å². The van der Waals surface area contributed by atoms with Gasteiger partial charge in [-0.15, -0.1) is 0 Å². The molecule has 0 saturated carbocycles. The topological polar surface area (TPSA) is 56.5 Å². The van der Waals surface area contributed by atoms with Gasteiger partial charge in [0.25, 0.3) is 0 Å². The van der Waals surface area contributed by atoms with Crippen molar-refractivity contribution in [3.8, 4) is 5.75 Å². The molecule has 0 aliphatic heterocycles. The molecule has 0 bridgehead atoms. The number of hydrogen-bond acceptors (Lipinski definition) is 4. The number of anilines is 2. The molecule has 0 fully saturated rings. The van der Waals surface area contributed by atoms with Gasteiger partial charge in [-0.1, -0.05) is 6.07 Å². The molecule has 4 heteroatoms. The normalized spacial score (nSPS) is 12.2. The second-order valence-electron chi connectivity index (χ2n) is 3.57. The Morgan fingerprint density at radius 2 is 2.19 bits per heavy atom. The summed E-state index contributed by atoms with van der Waals surface area (Å²) < 4.78 is 10.6. The van der Waals surface area contributed by atoms with Gasteiger partial charge in [0.05, 0.1) is 24.6 Å². The van der Waals surface area contributed by atoms with Crippen molar-refractivity contribution < 1.29 is 9.47 Å². The highest BCUT2D eigenvalue weighted by molar-refractivity contribution is 5.72. The van der Waals surface area contributed by atoms with Gasteiger partial charge in [0.1, 0.15) is 5.75 Å². The summed E-state index contributed by atoms with van der Waals surface area (Å²) in [4.78, 5) is 0. The van der Waals surface area contributed by atoms with Crippen molar-refractivity contribution in [1.29, 1.82) is 0 Å². The number of benzene rings is 1. The van der Waals surface area contributed by atoms with Gasteiger partial charge in [-0.3, -0.25) is 0 Å². The van der Waals surface area contributed by atoms with Gasteiger partial charge in [0.15, 0.2) is 0 Å². The number of ether oxygens (including phenoxy) is 2. The number of methoxy groups -OCH3 is 1. The minimum atomic E-state index is 0.163. The summed E-state index contributed by atoms with van der Waals surface area (Å²) in [6.07, 6.45) is 0.163. The maximum absolute atomic E-state index is 5.93. The van der Waals surface area contributed by atoms with Crippen molar-refractivity contribution in [2.75, 3.05) is 31.3 Å². The molecule has 0 radical (unpaired) electrons. The zero-order valence-electron chi connectivity index (χ0n) is 10.1. The lowest BCUT2D eigenvalue weighted by Crippen LogP contribution is -2.20. The molecule has 0 aliphatic carbocycles. The molecule has 0 aromatic heterocycles. The molecule has 1 atom stereocenters. The van der Waals surface area contributed by atoms with E-state index in [1.807, 2.05) is 32.0 Å². The molecule has 0 amide bonds. The van der Waals surface area contributed by atoms with Crippen LogP contribution in [-0.4, -0.2) is 26.4 Å². The van der Waals surface area contributed by atoms with Crippen LogP contribution in [0.5, 0.6) is 5.75 Å². The Bertz CT molecular complexity index is 329. The number of rotatable bonds is 6. The van der Waals surface area contributed by atoms with Gasteiger partial charge in [-0.2, -0.15) is 0 Å². The van der Waals surface area contributed by atoms with Crippen LogP contribution in [0.3, 0.4) is 0 Å². The van der Waals surface area contributed by atoms with Crippen molar-refractivity contribution in [3.63, 3.8) is 0 Å². The summed E-state index contributed by atoms with van der Waals surface area (Å²) in [5.74, 6) is 0.689. The molecule has 0 aliphatic rings. The van der Waals surface area contributed by atoms with E-state index in [1.165, 1.54) is 0 Å². The van der Waals surface area contributed by atoms with Crippen molar-refractivity contribution in [3.05, 3.63) is 18.2 Å². The summed E-state index contributed by atoms with van der Waals surface area (Å²) in [5, 5.41) is 3.24. The molecule has 90 valence electrons. The van der Waals surface area contributed by atoms with Crippen LogP contribution in [0.4, 0.5) is 11.4 Å². The fourth-order valence-electron chi connectivity index (χ4n) is 1.47. The third-order valence-corrected chi connectivity index (χ3v) is 2.32. The van der Waals surface area contributed by atoms with Gasteiger partial charge in [-0.25, -0.2) is 0 Å². The molecule has 16 heavy (non-hydrogen) atoms. The van der Waals surface area contributed by atoms with Gasteiger partial charge in [0.2, 0.25) is 0 Å². The second kappa shape index (κ2) is 6.23. The summed E-state index contributed by atoms with van der Waals surface area (Å²) in [5.41, 5.74) is 7.44. The van der Waals surface area contributed by atoms with Crippen molar-refractivity contribution in [2.24, 2.45) is 0 Å². The Hall–Kier alpha value is -1.42. The van der Waals surface area contributed by atoms with E-state index < -0.39 is 0 Å². The average Bonchev–Trinajstić information content (AvgIpc) is 2.28. The molecule has 0 spiro atoms. The second-order valence-corrected chi connectivity index (χ2v) is 3.57. The maximum Gasteiger partial charge on any atom is 0.143 e. The van der Waals surface area contributed by atoms with E-state index in [1.54, 1.807) is 7.11 Å². The van der Waals surface area contributed by atoms with Gasteiger partial charge in [-0.05, 0) is 26.0 Å². The molecule has 0 saturated heterocycles. The van der Waals surface area contributed by atoms with E-state index in [2.05, 4.69) is 5.32 Å². The highest BCUT2D eigenvalue weighted by Gasteiger charge is 2.06. The first kappa shape index (κ1) is 12.6. The molecule has 3 N–H and O–H groups in total. The van der Waals surface area contributed by atoms with Crippen LogP contribution in [-0.2, 0) is 4.74 Å².